The summed E-state index contributed by atoms with van der Waals surface area (Å²) in [6, 6.07) is 0. The van der Waals surface area contributed by atoms with E-state index in [2.05, 4.69) is 22.5 Å². The number of likely N-dealkylation sites (N-methyl/N-ethyl adjacent to an activating group) is 1. The molecule has 0 radical (unpaired) electrons. The molecule has 1 saturated heterocycles. The van der Waals surface area contributed by atoms with E-state index in [9.17, 15) is 4.79 Å². The molecule has 0 aliphatic carbocycles. The normalized spacial score (nSPS) is 23.0. The van der Waals surface area contributed by atoms with Crippen molar-refractivity contribution in [2.24, 2.45) is 5.41 Å². The number of hydrogen-bond donors (Lipinski definition) is 2. The SMILES string of the molecule is CCCC1(C(=O)NCCOCCN(C)C)CCCNC1. The predicted molar refractivity (Wildman–Crippen MR) is 81.8 cm³/mol. The molecular weight excluding hydrogens is 254 g/mol. The van der Waals surface area contributed by atoms with Gasteiger partial charge in [0.1, 0.15) is 0 Å². The van der Waals surface area contributed by atoms with Gasteiger partial charge in [-0.1, -0.05) is 13.3 Å². The van der Waals surface area contributed by atoms with E-state index >= 15 is 0 Å². The fourth-order valence-corrected chi connectivity index (χ4v) is 2.74. The molecule has 0 aromatic heterocycles. The summed E-state index contributed by atoms with van der Waals surface area (Å²) in [6.07, 6.45) is 4.11. The summed E-state index contributed by atoms with van der Waals surface area (Å²) in [5, 5.41) is 6.42. The van der Waals surface area contributed by atoms with E-state index in [0.29, 0.717) is 19.8 Å². The van der Waals surface area contributed by atoms with Gasteiger partial charge in [-0.15, -0.1) is 0 Å². The van der Waals surface area contributed by atoms with Crippen molar-refractivity contribution in [3.05, 3.63) is 0 Å². The van der Waals surface area contributed by atoms with Crippen molar-refractivity contribution in [3.8, 4) is 0 Å². The van der Waals surface area contributed by atoms with Gasteiger partial charge in [-0.3, -0.25) is 4.79 Å². The van der Waals surface area contributed by atoms with Gasteiger partial charge in [-0.2, -0.15) is 0 Å². The standard InChI is InChI=1S/C15H31N3O2/c1-4-6-15(7-5-8-16-13-15)14(19)17-9-11-20-12-10-18(2)3/h16H,4-13H2,1-3H3,(H,17,19). The molecule has 5 nitrogen and oxygen atoms in total. The molecule has 2 N–H and O–H groups in total. The van der Waals surface area contributed by atoms with Crippen LogP contribution in [0.4, 0.5) is 0 Å². The molecule has 1 aliphatic rings. The second kappa shape index (κ2) is 9.32. The summed E-state index contributed by atoms with van der Waals surface area (Å²) in [7, 11) is 4.05. The fourth-order valence-electron chi connectivity index (χ4n) is 2.74. The van der Waals surface area contributed by atoms with Crippen LogP contribution in [0.1, 0.15) is 32.6 Å². The summed E-state index contributed by atoms with van der Waals surface area (Å²) in [4.78, 5) is 14.5. The second-order valence-corrected chi connectivity index (χ2v) is 5.98. The summed E-state index contributed by atoms with van der Waals surface area (Å²) < 4.78 is 5.50. The monoisotopic (exact) mass is 285 g/mol. The van der Waals surface area contributed by atoms with Crippen LogP contribution in [-0.2, 0) is 9.53 Å². The Morgan fingerprint density at radius 2 is 2.20 bits per heavy atom. The molecule has 1 rings (SSSR count). The van der Waals surface area contributed by atoms with Crippen molar-refractivity contribution in [3.63, 3.8) is 0 Å². The first kappa shape index (κ1) is 17.4. The second-order valence-electron chi connectivity index (χ2n) is 5.98. The summed E-state index contributed by atoms with van der Waals surface area (Å²) in [5.41, 5.74) is -0.198. The molecule has 0 saturated carbocycles. The highest BCUT2D eigenvalue weighted by Crippen LogP contribution is 2.31. The van der Waals surface area contributed by atoms with Crippen LogP contribution < -0.4 is 10.6 Å². The number of ether oxygens (including phenoxy) is 1. The van der Waals surface area contributed by atoms with Crippen LogP contribution in [-0.4, -0.2) is 64.3 Å². The quantitative estimate of drug-likeness (QED) is 0.617. The minimum Gasteiger partial charge on any atom is -0.378 e. The van der Waals surface area contributed by atoms with Gasteiger partial charge >= 0.3 is 0 Å². The maximum Gasteiger partial charge on any atom is 0.227 e. The maximum atomic E-state index is 12.4. The first-order valence-electron chi connectivity index (χ1n) is 7.82. The van der Waals surface area contributed by atoms with Crippen LogP contribution in [0.3, 0.4) is 0 Å². The lowest BCUT2D eigenvalue weighted by atomic mass is 9.76. The molecule has 1 amide bonds. The zero-order valence-electron chi connectivity index (χ0n) is 13.3. The summed E-state index contributed by atoms with van der Waals surface area (Å²) in [6.45, 7) is 6.82. The van der Waals surface area contributed by atoms with Gasteiger partial charge in [0.25, 0.3) is 0 Å². The smallest absolute Gasteiger partial charge is 0.227 e. The maximum absolute atomic E-state index is 12.4. The van der Waals surface area contributed by atoms with E-state index in [1.54, 1.807) is 0 Å². The van der Waals surface area contributed by atoms with Gasteiger partial charge in [0.2, 0.25) is 5.91 Å². The van der Waals surface area contributed by atoms with E-state index in [0.717, 1.165) is 45.3 Å². The van der Waals surface area contributed by atoms with Gasteiger partial charge in [0.05, 0.1) is 18.6 Å². The molecule has 1 aliphatic heterocycles. The highest BCUT2D eigenvalue weighted by molar-refractivity contribution is 5.83. The van der Waals surface area contributed by atoms with E-state index in [1.165, 1.54) is 0 Å². The van der Waals surface area contributed by atoms with Gasteiger partial charge in [-0.25, -0.2) is 0 Å². The minimum absolute atomic E-state index is 0.197. The van der Waals surface area contributed by atoms with Crippen molar-refractivity contribution in [2.75, 3.05) is 53.5 Å². The Kier molecular flexibility index (Phi) is 8.11. The average molecular weight is 285 g/mol. The van der Waals surface area contributed by atoms with Crippen molar-refractivity contribution >= 4 is 5.91 Å². The van der Waals surface area contributed by atoms with Gasteiger partial charge in [0, 0.05) is 19.6 Å². The molecule has 1 fully saturated rings. The molecule has 0 aromatic carbocycles. The molecule has 1 atom stereocenters. The van der Waals surface area contributed by atoms with Gasteiger partial charge in [0.15, 0.2) is 0 Å². The summed E-state index contributed by atoms with van der Waals surface area (Å²) >= 11 is 0. The third kappa shape index (κ3) is 5.77. The van der Waals surface area contributed by atoms with Crippen molar-refractivity contribution in [1.29, 1.82) is 0 Å². The Bertz CT molecular complexity index is 271. The first-order chi connectivity index (χ1) is 9.60. The zero-order valence-corrected chi connectivity index (χ0v) is 13.3. The van der Waals surface area contributed by atoms with Crippen LogP contribution in [0.5, 0.6) is 0 Å². The zero-order chi connectivity index (χ0) is 14.8. The Morgan fingerprint density at radius 1 is 1.40 bits per heavy atom. The van der Waals surface area contributed by atoms with Crippen LogP contribution in [0, 0.1) is 5.41 Å². The largest absolute Gasteiger partial charge is 0.378 e. The predicted octanol–water partition coefficient (Wildman–Crippen LogP) is 0.851. The highest BCUT2D eigenvalue weighted by atomic mass is 16.5. The lowest BCUT2D eigenvalue weighted by molar-refractivity contribution is -0.132. The molecule has 0 spiro atoms. The number of nitrogens with zero attached hydrogens (tertiary/aromatic N) is 1. The number of rotatable bonds is 9. The number of carbonyl (C=O) groups is 1. The summed E-state index contributed by atoms with van der Waals surface area (Å²) in [5.74, 6) is 0.197. The number of amides is 1. The van der Waals surface area contributed by atoms with Crippen LogP contribution in [0.2, 0.25) is 0 Å². The molecule has 20 heavy (non-hydrogen) atoms. The first-order valence-corrected chi connectivity index (χ1v) is 7.82. The highest BCUT2D eigenvalue weighted by Gasteiger charge is 2.38. The Balaban J connectivity index is 2.25. The van der Waals surface area contributed by atoms with Crippen LogP contribution >= 0.6 is 0 Å². The van der Waals surface area contributed by atoms with E-state index in [4.69, 9.17) is 4.74 Å². The van der Waals surface area contributed by atoms with E-state index in [1.807, 2.05) is 14.1 Å². The Hall–Kier alpha value is -0.650. The number of nitrogens with one attached hydrogen (secondary N) is 2. The molecule has 0 aromatic rings. The van der Waals surface area contributed by atoms with E-state index in [-0.39, 0.29) is 11.3 Å². The molecule has 1 heterocycles. The number of hydrogen-bond acceptors (Lipinski definition) is 4. The molecule has 5 heteroatoms. The Morgan fingerprint density at radius 3 is 2.80 bits per heavy atom. The lowest BCUT2D eigenvalue weighted by Crippen LogP contribution is -2.51. The van der Waals surface area contributed by atoms with Crippen LogP contribution in [0.15, 0.2) is 0 Å². The fraction of sp³-hybridized carbons (Fsp3) is 0.933. The number of carbonyl (C=O) groups excluding carboxylic acids is 1. The topological polar surface area (TPSA) is 53.6 Å². The van der Waals surface area contributed by atoms with Crippen molar-refractivity contribution < 1.29 is 9.53 Å². The molecule has 0 bridgehead atoms. The number of piperidine rings is 1. The Labute approximate surface area is 123 Å². The average Bonchev–Trinajstić information content (AvgIpc) is 2.43. The van der Waals surface area contributed by atoms with Gasteiger partial charge in [-0.05, 0) is 39.9 Å². The minimum atomic E-state index is -0.198. The van der Waals surface area contributed by atoms with Crippen molar-refractivity contribution in [1.82, 2.24) is 15.5 Å². The molecule has 1 unspecified atom stereocenters. The molecule has 118 valence electrons. The third-order valence-electron chi connectivity index (χ3n) is 3.90. The van der Waals surface area contributed by atoms with Crippen molar-refractivity contribution in [2.45, 2.75) is 32.6 Å². The van der Waals surface area contributed by atoms with Crippen LogP contribution in [0.25, 0.3) is 0 Å². The molecular formula is C15H31N3O2. The van der Waals surface area contributed by atoms with Gasteiger partial charge < -0.3 is 20.3 Å². The lowest BCUT2D eigenvalue weighted by Gasteiger charge is -2.36. The van der Waals surface area contributed by atoms with E-state index < -0.39 is 0 Å². The third-order valence-corrected chi connectivity index (χ3v) is 3.90.